The third-order valence-corrected chi connectivity index (χ3v) is 8.45. The number of carbonyl (C=O) groups excluding carboxylic acids is 1. The highest BCUT2D eigenvalue weighted by Gasteiger charge is 2.27. The third kappa shape index (κ3) is 8.12. The van der Waals surface area contributed by atoms with Crippen LogP contribution in [0.1, 0.15) is 18.1 Å². The Morgan fingerprint density at radius 2 is 1.59 bits per heavy atom. The summed E-state index contributed by atoms with van der Waals surface area (Å²) in [5.41, 5.74) is 4.45. The van der Waals surface area contributed by atoms with Gasteiger partial charge in [-0.25, -0.2) is 13.8 Å². The van der Waals surface area contributed by atoms with E-state index in [4.69, 9.17) is 9.47 Å². The molecular weight excluding hydrogens is 558 g/mol. The summed E-state index contributed by atoms with van der Waals surface area (Å²) >= 11 is 1.51. The molecule has 0 fully saturated rings. The van der Waals surface area contributed by atoms with E-state index < -0.39 is 22.5 Å². The highest BCUT2D eigenvalue weighted by Crippen LogP contribution is 2.27. The van der Waals surface area contributed by atoms with Gasteiger partial charge in [-0.1, -0.05) is 42.5 Å². The Morgan fingerprint density at radius 1 is 0.902 bits per heavy atom. The summed E-state index contributed by atoms with van der Waals surface area (Å²) in [5, 5.41) is 4.07. The summed E-state index contributed by atoms with van der Waals surface area (Å²) in [6.07, 6.45) is 3.38. The summed E-state index contributed by atoms with van der Waals surface area (Å²) in [6, 6.07) is 30.2. The number of benzene rings is 4. The maximum Gasteiger partial charge on any atom is 0.264 e. The predicted molar refractivity (Wildman–Crippen MR) is 163 cm³/mol. The number of para-hydroxylation sites is 1. The smallest absolute Gasteiger partial charge is 0.264 e. The van der Waals surface area contributed by atoms with Crippen LogP contribution in [-0.2, 0) is 21.4 Å². The van der Waals surface area contributed by atoms with Crippen molar-refractivity contribution in [1.29, 1.82) is 0 Å². The van der Waals surface area contributed by atoms with Gasteiger partial charge in [0.25, 0.3) is 15.9 Å². The quantitative estimate of drug-likeness (QED) is 0.122. The number of anilines is 1. The fourth-order valence-electron chi connectivity index (χ4n) is 3.86. The zero-order chi connectivity index (χ0) is 29.1. The van der Waals surface area contributed by atoms with E-state index in [1.54, 1.807) is 36.4 Å². The Kier molecular flexibility index (Phi) is 10.4. The number of carbonyl (C=O) groups is 1. The molecule has 4 rings (SSSR count). The first-order chi connectivity index (χ1) is 19.9. The Hall–Kier alpha value is -4.28. The molecule has 0 saturated carbocycles. The van der Waals surface area contributed by atoms with Crippen LogP contribution in [0.5, 0.6) is 11.5 Å². The molecule has 0 aliphatic carbocycles. The maximum absolute atomic E-state index is 13.7. The molecule has 1 amide bonds. The van der Waals surface area contributed by atoms with E-state index in [9.17, 15) is 13.2 Å². The van der Waals surface area contributed by atoms with E-state index in [1.165, 1.54) is 30.1 Å². The zero-order valence-corrected chi connectivity index (χ0v) is 24.4. The maximum atomic E-state index is 13.7. The molecule has 1 N–H and O–H groups in total. The van der Waals surface area contributed by atoms with Gasteiger partial charge in [-0.3, -0.25) is 9.10 Å². The zero-order valence-electron chi connectivity index (χ0n) is 22.8. The number of nitrogens with zero attached hydrogens (tertiary/aromatic N) is 2. The van der Waals surface area contributed by atoms with Gasteiger partial charge < -0.3 is 9.47 Å². The first-order valence-corrected chi connectivity index (χ1v) is 15.5. The van der Waals surface area contributed by atoms with E-state index in [2.05, 4.69) is 10.5 Å². The van der Waals surface area contributed by atoms with Gasteiger partial charge in [0.15, 0.2) is 0 Å². The minimum absolute atomic E-state index is 0.0741. The third-order valence-electron chi connectivity index (χ3n) is 5.92. The lowest BCUT2D eigenvalue weighted by atomic mass is 10.2. The van der Waals surface area contributed by atoms with Gasteiger partial charge in [-0.05, 0) is 79.4 Å². The molecule has 0 bridgehead atoms. The molecule has 10 heteroatoms. The van der Waals surface area contributed by atoms with E-state index >= 15 is 0 Å². The van der Waals surface area contributed by atoms with Crippen LogP contribution in [0.4, 0.5) is 5.69 Å². The number of nitrogens with one attached hydrogen (secondary N) is 1. The fraction of sp³-hybridized carbons (Fsp3) is 0.161. The Morgan fingerprint density at radius 3 is 2.27 bits per heavy atom. The van der Waals surface area contributed by atoms with Gasteiger partial charge in [-0.15, -0.1) is 11.8 Å². The van der Waals surface area contributed by atoms with Crippen molar-refractivity contribution >= 4 is 39.6 Å². The first kappa shape index (κ1) is 29.7. The van der Waals surface area contributed by atoms with Crippen molar-refractivity contribution in [2.24, 2.45) is 5.10 Å². The normalized spacial score (nSPS) is 11.3. The van der Waals surface area contributed by atoms with Crippen LogP contribution < -0.4 is 19.2 Å². The second-order valence-electron chi connectivity index (χ2n) is 8.72. The lowest BCUT2D eigenvalue weighted by molar-refractivity contribution is -0.119. The van der Waals surface area contributed by atoms with Crippen molar-refractivity contribution in [3.05, 3.63) is 114 Å². The van der Waals surface area contributed by atoms with Crippen LogP contribution in [0.15, 0.2) is 118 Å². The highest BCUT2D eigenvalue weighted by molar-refractivity contribution is 7.98. The van der Waals surface area contributed by atoms with Gasteiger partial charge in [0.1, 0.15) is 24.7 Å². The van der Waals surface area contributed by atoms with Crippen LogP contribution in [0.2, 0.25) is 0 Å². The van der Waals surface area contributed by atoms with Crippen molar-refractivity contribution < 1.29 is 22.7 Å². The Bertz CT molecular complexity index is 1560. The van der Waals surface area contributed by atoms with Gasteiger partial charge in [0.2, 0.25) is 0 Å². The molecule has 0 heterocycles. The predicted octanol–water partition coefficient (Wildman–Crippen LogP) is 5.73. The van der Waals surface area contributed by atoms with E-state index in [0.717, 1.165) is 14.8 Å². The standard InChI is InChI=1S/C31H31N3O5S2/c1-3-38-27-15-13-26(14-16-27)34(41(36,37)29-19-17-28(40-2)18-20-29)22-31(35)33-32-21-25-11-7-8-12-30(25)39-23-24-9-5-4-6-10-24/h4-21H,3,22-23H2,1-2H3,(H,33,35)/b32-21-. The monoisotopic (exact) mass is 589 g/mol. The Balaban J connectivity index is 1.50. The molecule has 212 valence electrons. The van der Waals surface area contributed by atoms with Gasteiger partial charge in [0.05, 0.1) is 23.4 Å². The van der Waals surface area contributed by atoms with Crippen LogP contribution in [0.3, 0.4) is 0 Å². The summed E-state index contributed by atoms with van der Waals surface area (Å²) in [7, 11) is -4.07. The topological polar surface area (TPSA) is 97.3 Å². The number of hydrogen-bond acceptors (Lipinski definition) is 7. The van der Waals surface area contributed by atoms with Crippen molar-refractivity contribution in [2.75, 3.05) is 23.7 Å². The average molecular weight is 590 g/mol. The summed E-state index contributed by atoms with van der Waals surface area (Å²) in [6.45, 7) is 2.24. The van der Waals surface area contributed by atoms with Crippen LogP contribution >= 0.6 is 11.8 Å². The fourth-order valence-corrected chi connectivity index (χ4v) is 5.69. The number of thioether (sulfide) groups is 1. The van der Waals surface area contributed by atoms with Crippen molar-refractivity contribution in [3.63, 3.8) is 0 Å². The largest absolute Gasteiger partial charge is 0.494 e. The number of amides is 1. The molecule has 4 aromatic rings. The SMILES string of the molecule is CCOc1ccc(N(CC(=O)N/N=C\c2ccccc2OCc2ccccc2)S(=O)(=O)c2ccc(SC)cc2)cc1. The molecular formula is C31H31N3O5S2. The Labute approximate surface area is 245 Å². The molecule has 8 nitrogen and oxygen atoms in total. The molecule has 0 aromatic heterocycles. The van der Waals surface area contributed by atoms with Crippen molar-refractivity contribution in [2.45, 2.75) is 23.3 Å². The van der Waals surface area contributed by atoms with Crippen LogP contribution in [0, 0.1) is 0 Å². The second kappa shape index (κ2) is 14.4. The van der Waals surface area contributed by atoms with Crippen molar-refractivity contribution in [1.82, 2.24) is 5.43 Å². The molecule has 0 unspecified atom stereocenters. The van der Waals surface area contributed by atoms with E-state index in [-0.39, 0.29) is 4.90 Å². The molecule has 4 aromatic carbocycles. The van der Waals surface area contributed by atoms with Crippen molar-refractivity contribution in [3.8, 4) is 11.5 Å². The average Bonchev–Trinajstić information content (AvgIpc) is 3.00. The van der Waals surface area contributed by atoms with Crippen LogP contribution in [-0.4, -0.2) is 39.9 Å². The number of ether oxygens (including phenoxy) is 2. The lowest BCUT2D eigenvalue weighted by Gasteiger charge is -2.24. The molecule has 41 heavy (non-hydrogen) atoms. The molecule has 0 aliphatic rings. The van der Waals surface area contributed by atoms with E-state index in [0.29, 0.717) is 36.0 Å². The van der Waals surface area contributed by atoms with Gasteiger partial charge in [0, 0.05) is 10.5 Å². The second-order valence-corrected chi connectivity index (χ2v) is 11.5. The molecule has 0 radical (unpaired) electrons. The number of sulfonamides is 1. The number of hydrogen-bond donors (Lipinski definition) is 1. The highest BCUT2D eigenvalue weighted by atomic mass is 32.2. The number of hydrazone groups is 1. The molecule has 0 aliphatic heterocycles. The van der Waals surface area contributed by atoms with Gasteiger partial charge >= 0.3 is 0 Å². The molecule has 0 atom stereocenters. The summed E-state index contributed by atoms with van der Waals surface area (Å²) < 4.78 is 39.8. The van der Waals surface area contributed by atoms with Gasteiger partial charge in [-0.2, -0.15) is 5.10 Å². The first-order valence-electron chi connectivity index (χ1n) is 12.9. The minimum atomic E-state index is -4.07. The minimum Gasteiger partial charge on any atom is -0.494 e. The number of rotatable bonds is 13. The molecule has 0 saturated heterocycles. The summed E-state index contributed by atoms with van der Waals surface area (Å²) in [5.74, 6) is 0.587. The van der Waals surface area contributed by atoms with E-state index in [1.807, 2.05) is 67.8 Å². The lowest BCUT2D eigenvalue weighted by Crippen LogP contribution is -2.39. The molecule has 0 spiro atoms. The van der Waals surface area contributed by atoms with Crippen LogP contribution in [0.25, 0.3) is 0 Å². The summed E-state index contributed by atoms with van der Waals surface area (Å²) in [4.78, 5) is 14.0.